The second-order valence-corrected chi connectivity index (χ2v) is 3.94. The number of methoxy groups -OCH3 is 1. The van der Waals surface area contributed by atoms with Gasteiger partial charge in [-0.3, -0.25) is 10.1 Å². The van der Waals surface area contributed by atoms with Gasteiger partial charge in [0.15, 0.2) is 0 Å². The summed E-state index contributed by atoms with van der Waals surface area (Å²) < 4.78 is 10.2. The van der Waals surface area contributed by atoms with Gasteiger partial charge in [-0.25, -0.2) is 0 Å². The van der Waals surface area contributed by atoms with Crippen LogP contribution >= 0.6 is 0 Å². The molecular weight excluding hydrogens is 210 g/mol. The Bertz CT molecular complexity index is 361. The minimum atomic E-state index is -1.10. The Morgan fingerprint density at radius 3 is 2.75 bits per heavy atom. The van der Waals surface area contributed by atoms with Gasteiger partial charge in [0.1, 0.15) is 17.1 Å². The molecule has 0 saturated heterocycles. The third-order valence-corrected chi connectivity index (χ3v) is 2.35. The van der Waals surface area contributed by atoms with Crippen molar-refractivity contribution in [3.05, 3.63) is 23.7 Å². The fourth-order valence-electron chi connectivity index (χ4n) is 1.34. The lowest BCUT2D eigenvalue weighted by atomic mass is 10.0. The largest absolute Gasteiger partial charge is 0.480 e. The Labute approximate surface area is 94.4 Å². The summed E-state index contributed by atoms with van der Waals surface area (Å²) in [5.41, 5.74) is -1.10. The van der Waals surface area contributed by atoms with E-state index < -0.39 is 11.5 Å². The first-order chi connectivity index (χ1) is 7.48. The third kappa shape index (κ3) is 3.08. The zero-order valence-electron chi connectivity index (χ0n) is 9.74. The van der Waals surface area contributed by atoms with Crippen molar-refractivity contribution in [2.45, 2.75) is 25.9 Å². The van der Waals surface area contributed by atoms with Gasteiger partial charge in [-0.1, -0.05) is 0 Å². The molecule has 0 amide bonds. The summed E-state index contributed by atoms with van der Waals surface area (Å²) in [4.78, 5) is 11.1. The molecule has 0 aromatic carbocycles. The van der Waals surface area contributed by atoms with E-state index in [2.05, 4.69) is 5.32 Å². The number of aliphatic carboxylic acids is 1. The number of furan rings is 1. The van der Waals surface area contributed by atoms with Crippen molar-refractivity contribution in [2.75, 3.05) is 13.7 Å². The lowest BCUT2D eigenvalue weighted by molar-refractivity contribution is -0.146. The molecule has 90 valence electrons. The Morgan fingerprint density at radius 1 is 1.62 bits per heavy atom. The van der Waals surface area contributed by atoms with Crippen LogP contribution in [0.1, 0.15) is 18.4 Å². The standard InChI is InChI=1S/C11H17NO4/c1-8-4-5-9(16-8)6-12-11(2,7-15-3)10(13)14/h4-5,12H,6-7H2,1-3H3,(H,13,14). The van der Waals surface area contributed by atoms with Crippen LogP contribution in [0.2, 0.25) is 0 Å². The summed E-state index contributed by atoms with van der Waals surface area (Å²) in [6.45, 7) is 3.88. The highest BCUT2D eigenvalue weighted by molar-refractivity contribution is 5.78. The number of aryl methyl sites for hydroxylation is 1. The normalized spacial score (nSPS) is 14.7. The molecule has 0 aliphatic carbocycles. The molecule has 0 aliphatic rings. The second-order valence-electron chi connectivity index (χ2n) is 3.94. The highest BCUT2D eigenvalue weighted by Gasteiger charge is 2.32. The fraction of sp³-hybridized carbons (Fsp3) is 0.545. The van der Waals surface area contributed by atoms with E-state index in [0.29, 0.717) is 12.3 Å². The maximum absolute atomic E-state index is 11.1. The lowest BCUT2D eigenvalue weighted by Crippen LogP contribution is -2.52. The molecule has 5 heteroatoms. The fourth-order valence-corrected chi connectivity index (χ4v) is 1.34. The molecular formula is C11H17NO4. The van der Waals surface area contributed by atoms with E-state index in [4.69, 9.17) is 14.3 Å². The van der Waals surface area contributed by atoms with Crippen LogP contribution in [0.5, 0.6) is 0 Å². The number of ether oxygens (including phenoxy) is 1. The summed E-state index contributed by atoms with van der Waals surface area (Å²) in [5, 5.41) is 12.0. The van der Waals surface area contributed by atoms with E-state index in [1.54, 1.807) is 6.92 Å². The van der Waals surface area contributed by atoms with Gasteiger partial charge in [0, 0.05) is 7.11 Å². The van der Waals surface area contributed by atoms with E-state index in [1.165, 1.54) is 7.11 Å². The zero-order chi connectivity index (χ0) is 12.2. The number of hydrogen-bond acceptors (Lipinski definition) is 4. The quantitative estimate of drug-likeness (QED) is 0.763. The summed E-state index contributed by atoms with van der Waals surface area (Å²) in [6, 6.07) is 3.66. The zero-order valence-corrected chi connectivity index (χ0v) is 9.74. The molecule has 1 rings (SSSR count). The first kappa shape index (κ1) is 12.7. The highest BCUT2D eigenvalue weighted by Crippen LogP contribution is 2.10. The van der Waals surface area contributed by atoms with Gasteiger partial charge in [0.2, 0.25) is 0 Å². The first-order valence-corrected chi connectivity index (χ1v) is 5.00. The van der Waals surface area contributed by atoms with Crippen LogP contribution in [-0.4, -0.2) is 30.3 Å². The van der Waals surface area contributed by atoms with Crippen molar-refractivity contribution >= 4 is 5.97 Å². The molecule has 1 unspecified atom stereocenters. The maximum atomic E-state index is 11.1. The molecule has 5 nitrogen and oxygen atoms in total. The molecule has 0 bridgehead atoms. The summed E-state index contributed by atoms with van der Waals surface area (Å²) in [7, 11) is 1.47. The summed E-state index contributed by atoms with van der Waals surface area (Å²) in [6.07, 6.45) is 0. The van der Waals surface area contributed by atoms with Crippen LogP contribution in [0.3, 0.4) is 0 Å². The van der Waals surface area contributed by atoms with Crippen LogP contribution in [-0.2, 0) is 16.1 Å². The second kappa shape index (κ2) is 5.14. The molecule has 0 spiro atoms. The van der Waals surface area contributed by atoms with Gasteiger partial charge < -0.3 is 14.3 Å². The number of carboxylic acids is 1. The van der Waals surface area contributed by atoms with Crippen molar-refractivity contribution in [1.29, 1.82) is 0 Å². The van der Waals surface area contributed by atoms with Crippen molar-refractivity contribution in [2.24, 2.45) is 0 Å². The average Bonchev–Trinajstić information content (AvgIpc) is 2.61. The molecule has 2 N–H and O–H groups in total. The number of nitrogens with one attached hydrogen (secondary N) is 1. The van der Waals surface area contributed by atoms with Gasteiger partial charge >= 0.3 is 5.97 Å². The van der Waals surface area contributed by atoms with Crippen LogP contribution in [0.25, 0.3) is 0 Å². The average molecular weight is 227 g/mol. The van der Waals surface area contributed by atoms with E-state index in [1.807, 2.05) is 19.1 Å². The third-order valence-electron chi connectivity index (χ3n) is 2.35. The van der Waals surface area contributed by atoms with Crippen molar-refractivity contribution in [3.63, 3.8) is 0 Å². The van der Waals surface area contributed by atoms with Crippen LogP contribution in [0.4, 0.5) is 0 Å². The minimum absolute atomic E-state index is 0.0992. The molecule has 1 aromatic heterocycles. The Balaban J connectivity index is 2.60. The number of carbonyl (C=O) groups is 1. The predicted molar refractivity (Wildman–Crippen MR) is 58.2 cm³/mol. The molecule has 1 heterocycles. The smallest absolute Gasteiger partial charge is 0.326 e. The van der Waals surface area contributed by atoms with Crippen LogP contribution < -0.4 is 5.32 Å². The summed E-state index contributed by atoms with van der Waals surface area (Å²) in [5.74, 6) is 0.569. The molecule has 0 saturated carbocycles. The maximum Gasteiger partial charge on any atom is 0.326 e. The molecule has 16 heavy (non-hydrogen) atoms. The van der Waals surface area contributed by atoms with Gasteiger partial charge in [0.25, 0.3) is 0 Å². The van der Waals surface area contributed by atoms with E-state index in [9.17, 15) is 4.79 Å². The van der Waals surface area contributed by atoms with E-state index in [0.717, 1.165) is 5.76 Å². The SMILES string of the molecule is COCC(C)(NCc1ccc(C)o1)C(=O)O. The number of rotatable bonds is 6. The molecule has 0 fully saturated rings. The topological polar surface area (TPSA) is 71.7 Å². The van der Waals surface area contributed by atoms with Gasteiger partial charge in [-0.15, -0.1) is 0 Å². The number of carboxylic acid groups (broad SMARTS) is 1. The van der Waals surface area contributed by atoms with Crippen molar-refractivity contribution in [3.8, 4) is 0 Å². The Morgan fingerprint density at radius 2 is 2.31 bits per heavy atom. The van der Waals surface area contributed by atoms with Crippen LogP contribution in [0.15, 0.2) is 16.5 Å². The Kier molecular flexibility index (Phi) is 4.09. The predicted octanol–water partition coefficient (Wildman–Crippen LogP) is 1.17. The Hall–Kier alpha value is -1.33. The molecule has 1 aromatic rings. The van der Waals surface area contributed by atoms with Gasteiger partial charge in [-0.2, -0.15) is 0 Å². The molecule has 0 radical (unpaired) electrons. The van der Waals surface area contributed by atoms with Crippen LogP contribution in [0, 0.1) is 6.92 Å². The van der Waals surface area contributed by atoms with Gasteiger partial charge in [0.05, 0.1) is 13.2 Å². The van der Waals surface area contributed by atoms with E-state index >= 15 is 0 Å². The first-order valence-electron chi connectivity index (χ1n) is 5.00. The highest BCUT2D eigenvalue weighted by atomic mass is 16.5. The molecule has 1 atom stereocenters. The lowest BCUT2D eigenvalue weighted by Gasteiger charge is -2.24. The van der Waals surface area contributed by atoms with Crippen molar-refractivity contribution < 1.29 is 19.1 Å². The van der Waals surface area contributed by atoms with Crippen molar-refractivity contribution in [1.82, 2.24) is 5.32 Å². The number of hydrogen-bond donors (Lipinski definition) is 2. The van der Waals surface area contributed by atoms with E-state index in [-0.39, 0.29) is 6.61 Å². The monoisotopic (exact) mass is 227 g/mol. The summed E-state index contributed by atoms with van der Waals surface area (Å²) >= 11 is 0. The minimum Gasteiger partial charge on any atom is -0.480 e. The van der Waals surface area contributed by atoms with Gasteiger partial charge in [-0.05, 0) is 26.0 Å². The molecule has 0 aliphatic heterocycles.